The Morgan fingerprint density at radius 2 is 1.86 bits per heavy atom. The number of likely N-dealkylation sites (N-methyl/N-ethyl adjacent to an activating group) is 2. The Bertz CT molecular complexity index is 516. The minimum absolute atomic E-state index is 0.0667. The molecule has 22 heavy (non-hydrogen) atoms. The molecule has 0 spiro atoms. The highest BCUT2D eigenvalue weighted by Crippen LogP contribution is 2.20. The first kappa shape index (κ1) is 17.7. The lowest BCUT2D eigenvalue weighted by atomic mass is 9.97. The summed E-state index contributed by atoms with van der Waals surface area (Å²) in [7, 11) is 2.98. The molecule has 0 saturated carbocycles. The Kier molecular flexibility index (Phi) is 7.08. The molecule has 1 atom stereocenters. The molecule has 1 N–H and O–H groups in total. The average molecular weight is 306 g/mol. The van der Waals surface area contributed by atoms with Crippen LogP contribution < -0.4 is 5.32 Å². The van der Waals surface area contributed by atoms with E-state index in [4.69, 9.17) is 4.74 Å². The summed E-state index contributed by atoms with van der Waals surface area (Å²) in [6.45, 7) is 1.46. The standard InChI is InChI=1S/C16H22N2O4/c1-4-13(12-8-6-5-7-9-12)16(21)22-11-15(20)18(3)10-14(19)17-2/h5-9,13H,4,10-11H2,1-3H3,(H,17,19)/t13-/m1/s1. The number of hydrogen-bond acceptors (Lipinski definition) is 4. The molecule has 1 rings (SSSR count). The van der Waals surface area contributed by atoms with Crippen molar-refractivity contribution in [1.82, 2.24) is 10.2 Å². The lowest BCUT2D eigenvalue weighted by Crippen LogP contribution is -2.39. The maximum atomic E-state index is 12.1. The fraction of sp³-hybridized carbons (Fsp3) is 0.438. The van der Waals surface area contributed by atoms with Crippen LogP contribution in [0.5, 0.6) is 0 Å². The van der Waals surface area contributed by atoms with Crippen LogP contribution in [0.25, 0.3) is 0 Å². The second-order valence-corrected chi connectivity index (χ2v) is 4.90. The van der Waals surface area contributed by atoms with Crippen LogP contribution >= 0.6 is 0 Å². The van der Waals surface area contributed by atoms with Crippen molar-refractivity contribution in [2.24, 2.45) is 0 Å². The third-order valence-corrected chi connectivity index (χ3v) is 3.32. The molecular weight excluding hydrogens is 284 g/mol. The number of nitrogens with zero attached hydrogens (tertiary/aromatic N) is 1. The van der Waals surface area contributed by atoms with E-state index in [1.54, 1.807) is 0 Å². The predicted molar refractivity (Wildman–Crippen MR) is 82.1 cm³/mol. The normalized spacial score (nSPS) is 11.4. The molecule has 1 aromatic carbocycles. The minimum atomic E-state index is -0.435. The van der Waals surface area contributed by atoms with Crippen LogP contribution in [0.15, 0.2) is 30.3 Å². The van der Waals surface area contributed by atoms with Crippen molar-refractivity contribution in [3.8, 4) is 0 Å². The van der Waals surface area contributed by atoms with Crippen molar-refractivity contribution in [1.29, 1.82) is 0 Å². The van der Waals surface area contributed by atoms with Crippen LogP contribution in [-0.2, 0) is 19.1 Å². The van der Waals surface area contributed by atoms with Gasteiger partial charge in [-0.1, -0.05) is 37.3 Å². The first-order chi connectivity index (χ1) is 10.5. The fourth-order valence-corrected chi connectivity index (χ4v) is 1.95. The van der Waals surface area contributed by atoms with Gasteiger partial charge in [0.15, 0.2) is 6.61 Å². The number of esters is 1. The molecule has 1 aromatic rings. The maximum absolute atomic E-state index is 12.1. The number of carbonyl (C=O) groups excluding carboxylic acids is 3. The van der Waals surface area contributed by atoms with Crippen LogP contribution in [0.1, 0.15) is 24.8 Å². The number of rotatable bonds is 7. The Balaban J connectivity index is 2.54. The first-order valence-electron chi connectivity index (χ1n) is 7.15. The topological polar surface area (TPSA) is 75.7 Å². The van der Waals surface area contributed by atoms with E-state index in [1.165, 1.54) is 19.0 Å². The molecule has 6 nitrogen and oxygen atoms in total. The van der Waals surface area contributed by atoms with E-state index in [-0.39, 0.29) is 19.1 Å². The summed E-state index contributed by atoms with van der Waals surface area (Å²) in [5, 5.41) is 2.42. The third-order valence-electron chi connectivity index (χ3n) is 3.32. The average Bonchev–Trinajstić information content (AvgIpc) is 2.54. The monoisotopic (exact) mass is 306 g/mol. The molecule has 120 valence electrons. The van der Waals surface area contributed by atoms with E-state index >= 15 is 0 Å². The molecule has 0 aromatic heterocycles. The summed E-state index contributed by atoms with van der Waals surface area (Å²) in [5.41, 5.74) is 0.862. The van der Waals surface area contributed by atoms with Gasteiger partial charge in [0.2, 0.25) is 5.91 Å². The quantitative estimate of drug-likeness (QED) is 0.760. The van der Waals surface area contributed by atoms with Crippen molar-refractivity contribution in [3.63, 3.8) is 0 Å². The zero-order valence-electron chi connectivity index (χ0n) is 13.2. The van der Waals surface area contributed by atoms with Crippen LogP contribution in [0, 0.1) is 0 Å². The molecule has 0 bridgehead atoms. The molecule has 0 aliphatic heterocycles. The molecule has 0 aliphatic carbocycles. The van der Waals surface area contributed by atoms with E-state index in [2.05, 4.69) is 5.32 Å². The lowest BCUT2D eigenvalue weighted by molar-refractivity contribution is -0.153. The summed E-state index contributed by atoms with van der Waals surface area (Å²) in [6, 6.07) is 9.30. The highest BCUT2D eigenvalue weighted by Gasteiger charge is 2.22. The molecule has 0 aliphatic rings. The van der Waals surface area contributed by atoms with E-state index < -0.39 is 17.8 Å². The summed E-state index contributed by atoms with van der Waals surface area (Å²) in [6.07, 6.45) is 0.588. The van der Waals surface area contributed by atoms with E-state index in [0.29, 0.717) is 6.42 Å². The van der Waals surface area contributed by atoms with Crippen LogP contribution in [-0.4, -0.2) is 49.9 Å². The van der Waals surface area contributed by atoms with Gasteiger partial charge in [-0.3, -0.25) is 14.4 Å². The molecule has 0 heterocycles. The van der Waals surface area contributed by atoms with Crippen molar-refractivity contribution in [2.45, 2.75) is 19.3 Å². The van der Waals surface area contributed by atoms with Gasteiger partial charge < -0.3 is 15.0 Å². The van der Waals surface area contributed by atoms with Gasteiger partial charge >= 0.3 is 5.97 Å². The van der Waals surface area contributed by atoms with Crippen molar-refractivity contribution in [3.05, 3.63) is 35.9 Å². The number of benzene rings is 1. The second-order valence-electron chi connectivity index (χ2n) is 4.90. The largest absolute Gasteiger partial charge is 0.455 e. The lowest BCUT2D eigenvalue weighted by Gasteiger charge is -2.18. The summed E-state index contributed by atoms with van der Waals surface area (Å²) >= 11 is 0. The molecule has 6 heteroatoms. The third kappa shape index (κ3) is 5.20. The van der Waals surface area contributed by atoms with E-state index in [0.717, 1.165) is 5.56 Å². The Morgan fingerprint density at radius 1 is 1.23 bits per heavy atom. The second kappa shape index (κ2) is 8.81. The Hall–Kier alpha value is -2.37. The van der Waals surface area contributed by atoms with Gasteiger partial charge in [0.1, 0.15) is 0 Å². The zero-order valence-corrected chi connectivity index (χ0v) is 13.2. The SMILES string of the molecule is CC[C@@H](C(=O)OCC(=O)N(C)CC(=O)NC)c1ccccc1. The number of carbonyl (C=O) groups is 3. The zero-order chi connectivity index (χ0) is 16.5. The smallest absolute Gasteiger partial charge is 0.313 e. The number of nitrogens with one attached hydrogen (secondary N) is 1. The van der Waals surface area contributed by atoms with E-state index in [1.807, 2.05) is 37.3 Å². The molecule has 0 unspecified atom stereocenters. The number of ether oxygens (including phenoxy) is 1. The fourth-order valence-electron chi connectivity index (χ4n) is 1.95. The van der Waals surface area contributed by atoms with Crippen LogP contribution in [0.2, 0.25) is 0 Å². The molecular formula is C16H22N2O4. The van der Waals surface area contributed by atoms with Gasteiger partial charge in [-0.15, -0.1) is 0 Å². The maximum Gasteiger partial charge on any atom is 0.313 e. The van der Waals surface area contributed by atoms with Gasteiger partial charge in [-0.2, -0.15) is 0 Å². The Morgan fingerprint density at radius 3 is 2.41 bits per heavy atom. The van der Waals surface area contributed by atoms with Gasteiger partial charge in [-0.05, 0) is 12.0 Å². The minimum Gasteiger partial charge on any atom is -0.455 e. The molecule has 0 saturated heterocycles. The van der Waals surface area contributed by atoms with Crippen molar-refractivity contribution >= 4 is 17.8 Å². The Labute approximate surface area is 130 Å². The van der Waals surface area contributed by atoms with E-state index in [9.17, 15) is 14.4 Å². The molecule has 2 amide bonds. The predicted octanol–water partition coefficient (Wildman–Crippen LogP) is 0.928. The van der Waals surface area contributed by atoms with Gasteiger partial charge in [0.25, 0.3) is 5.91 Å². The van der Waals surface area contributed by atoms with Crippen LogP contribution in [0.3, 0.4) is 0 Å². The number of hydrogen-bond donors (Lipinski definition) is 1. The van der Waals surface area contributed by atoms with Gasteiger partial charge in [0.05, 0.1) is 12.5 Å². The van der Waals surface area contributed by atoms with Crippen molar-refractivity contribution < 1.29 is 19.1 Å². The highest BCUT2D eigenvalue weighted by atomic mass is 16.5. The summed E-state index contributed by atoms with van der Waals surface area (Å²) in [5.74, 6) is -1.52. The highest BCUT2D eigenvalue weighted by molar-refractivity contribution is 5.86. The van der Waals surface area contributed by atoms with Gasteiger partial charge in [0, 0.05) is 14.1 Å². The molecule has 0 radical (unpaired) electrons. The number of amides is 2. The van der Waals surface area contributed by atoms with Crippen molar-refractivity contribution in [2.75, 3.05) is 27.2 Å². The van der Waals surface area contributed by atoms with Gasteiger partial charge in [-0.25, -0.2) is 0 Å². The summed E-state index contributed by atoms with van der Waals surface area (Å²) in [4.78, 5) is 36.3. The van der Waals surface area contributed by atoms with Crippen LogP contribution in [0.4, 0.5) is 0 Å². The molecule has 0 fully saturated rings. The summed E-state index contributed by atoms with van der Waals surface area (Å²) < 4.78 is 5.09. The first-order valence-corrected chi connectivity index (χ1v) is 7.15.